The minimum Gasteiger partial charge on any atom is -0.353 e. The lowest BCUT2D eigenvalue weighted by molar-refractivity contribution is 0.635. The fraction of sp³-hybridized carbons (Fsp3) is 0.308. The molecule has 0 atom stereocenters. The number of pyridine rings is 1. The first-order chi connectivity index (χ1) is 9.86. The third kappa shape index (κ3) is 2.62. The number of hydrogen-bond acceptors (Lipinski definition) is 7. The SMILES string of the molecule is NNc1cccc(N2CCN(c3ncccn3)CC2)n1. The maximum absolute atomic E-state index is 5.39. The number of hydrazine groups is 1. The van der Waals surface area contributed by atoms with Crippen molar-refractivity contribution in [2.24, 2.45) is 5.84 Å². The molecule has 0 saturated carbocycles. The summed E-state index contributed by atoms with van der Waals surface area (Å²) in [5.41, 5.74) is 2.57. The van der Waals surface area contributed by atoms with Crippen LogP contribution < -0.4 is 21.1 Å². The lowest BCUT2D eigenvalue weighted by atomic mass is 10.3. The number of hydrogen-bond donors (Lipinski definition) is 2. The van der Waals surface area contributed by atoms with E-state index in [2.05, 4.69) is 30.2 Å². The molecule has 2 aromatic heterocycles. The van der Waals surface area contributed by atoms with E-state index in [1.54, 1.807) is 12.4 Å². The number of nitrogen functional groups attached to an aromatic ring is 1. The maximum Gasteiger partial charge on any atom is 0.225 e. The van der Waals surface area contributed by atoms with Crippen molar-refractivity contribution in [3.63, 3.8) is 0 Å². The van der Waals surface area contributed by atoms with Gasteiger partial charge in [-0.05, 0) is 18.2 Å². The second kappa shape index (κ2) is 5.70. The molecule has 0 aliphatic carbocycles. The van der Waals surface area contributed by atoms with Crippen LogP contribution in [0.15, 0.2) is 36.7 Å². The van der Waals surface area contributed by atoms with Gasteiger partial charge in [-0.1, -0.05) is 6.07 Å². The smallest absolute Gasteiger partial charge is 0.225 e. The van der Waals surface area contributed by atoms with E-state index in [4.69, 9.17) is 5.84 Å². The standard InChI is InChI=1S/C13H17N7/c14-18-11-3-1-4-12(17-11)19-7-9-20(10-8-19)13-15-5-2-6-16-13/h1-6H,7-10,14H2,(H,17,18). The Bertz CT molecular complexity index is 552. The topological polar surface area (TPSA) is 83.2 Å². The predicted molar refractivity (Wildman–Crippen MR) is 78.5 cm³/mol. The molecule has 0 spiro atoms. The Morgan fingerprint density at radius 2 is 1.65 bits per heavy atom. The first kappa shape index (κ1) is 12.6. The Morgan fingerprint density at radius 1 is 0.950 bits per heavy atom. The van der Waals surface area contributed by atoms with Gasteiger partial charge in [0.2, 0.25) is 5.95 Å². The monoisotopic (exact) mass is 271 g/mol. The summed E-state index contributed by atoms with van der Waals surface area (Å²) < 4.78 is 0. The molecular weight excluding hydrogens is 254 g/mol. The van der Waals surface area contributed by atoms with E-state index < -0.39 is 0 Å². The molecule has 0 amide bonds. The number of rotatable bonds is 3. The molecule has 0 aromatic carbocycles. The Labute approximate surface area is 117 Å². The van der Waals surface area contributed by atoms with E-state index in [9.17, 15) is 0 Å². The zero-order valence-corrected chi connectivity index (χ0v) is 11.1. The third-order valence-corrected chi connectivity index (χ3v) is 3.32. The highest BCUT2D eigenvalue weighted by molar-refractivity contribution is 5.48. The number of nitrogens with two attached hydrogens (primary N) is 1. The molecular formula is C13H17N7. The van der Waals surface area contributed by atoms with Crippen LogP contribution in [0.25, 0.3) is 0 Å². The van der Waals surface area contributed by atoms with Gasteiger partial charge in [-0.3, -0.25) is 0 Å². The Hall–Kier alpha value is -2.41. The van der Waals surface area contributed by atoms with Crippen LogP contribution in [-0.2, 0) is 0 Å². The lowest BCUT2D eigenvalue weighted by Crippen LogP contribution is -2.47. The van der Waals surface area contributed by atoms with Crippen molar-refractivity contribution in [1.29, 1.82) is 0 Å². The molecule has 7 nitrogen and oxygen atoms in total. The zero-order valence-electron chi connectivity index (χ0n) is 11.1. The summed E-state index contributed by atoms with van der Waals surface area (Å²) in [6, 6.07) is 7.62. The minimum absolute atomic E-state index is 0.677. The van der Waals surface area contributed by atoms with Crippen molar-refractivity contribution in [2.75, 3.05) is 41.4 Å². The van der Waals surface area contributed by atoms with E-state index in [0.29, 0.717) is 5.82 Å². The van der Waals surface area contributed by atoms with Gasteiger partial charge in [0, 0.05) is 38.6 Å². The Morgan fingerprint density at radius 3 is 2.35 bits per heavy atom. The fourth-order valence-electron chi connectivity index (χ4n) is 2.27. The molecule has 2 aromatic rings. The van der Waals surface area contributed by atoms with Gasteiger partial charge in [0.05, 0.1) is 0 Å². The molecule has 1 saturated heterocycles. The van der Waals surface area contributed by atoms with E-state index >= 15 is 0 Å². The van der Waals surface area contributed by atoms with Crippen LogP contribution in [0.5, 0.6) is 0 Å². The summed E-state index contributed by atoms with van der Waals surface area (Å²) in [6.07, 6.45) is 3.54. The lowest BCUT2D eigenvalue weighted by Gasteiger charge is -2.35. The number of piperazine rings is 1. The van der Waals surface area contributed by atoms with Gasteiger partial charge in [-0.25, -0.2) is 20.8 Å². The van der Waals surface area contributed by atoms with Crippen molar-refractivity contribution in [3.8, 4) is 0 Å². The zero-order chi connectivity index (χ0) is 13.8. The first-order valence-electron chi connectivity index (χ1n) is 6.57. The molecule has 7 heteroatoms. The summed E-state index contributed by atoms with van der Waals surface area (Å²) >= 11 is 0. The van der Waals surface area contributed by atoms with Crippen molar-refractivity contribution >= 4 is 17.6 Å². The van der Waals surface area contributed by atoms with Crippen LogP contribution >= 0.6 is 0 Å². The maximum atomic E-state index is 5.39. The van der Waals surface area contributed by atoms with Crippen molar-refractivity contribution in [3.05, 3.63) is 36.7 Å². The largest absolute Gasteiger partial charge is 0.353 e. The third-order valence-electron chi connectivity index (χ3n) is 3.32. The van der Waals surface area contributed by atoms with Crippen molar-refractivity contribution < 1.29 is 0 Å². The molecule has 0 bridgehead atoms. The first-order valence-corrected chi connectivity index (χ1v) is 6.57. The molecule has 104 valence electrons. The number of aromatic nitrogens is 3. The normalized spacial score (nSPS) is 15.2. The van der Waals surface area contributed by atoms with E-state index in [-0.39, 0.29) is 0 Å². The average Bonchev–Trinajstić information content (AvgIpc) is 2.56. The summed E-state index contributed by atoms with van der Waals surface area (Å²) in [6.45, 7) is 3.54. The van der Waals surface area contributed by atoms with Gasteiger partial charge in [0.15, 0.2) is 0 Å². The van der Waals surface area contributed by atoms with E-state index in [1.165, 1.54) is 0 Å². The molecule has 0 radical (unpaired) electrons. The molecule has 1 aliphatic heterocycles. The number of nitrogens with one attached hydrogen (secondary N) is 1. The summed E-state index contributed by atoms with van der Waals surface area (Å²) in [5, 5.41) is 0. The molecule has 20 heavy (non-hydrogen) atoms. The van der Waals surface area contributed by atoms with Crippen LogP contribution in [-0.4, -0.2) is 41.1 Å². The molecule has 0 unspecified atom stereocenters. The van der Waals surface area contributed by atoms with E-state index in [1.807, 2.05) is 24.3 Å². The fourth-order valence-corrected chi connectivity index (χ4v) is 2.27. The highest BCUT2D eigenvalue weighted by Crippen LogP contribution is 2.17. The second-order valence-electron chi connectivity index (χ2n) is 4.55. The summed E-state index contributed by atoms with van der Waals surface area (Å²) in [5.74, 6) is 7.80. The van der Waals surface area contributed by atoms with Crippen LogP contribution in [0.2, 0.25) is 0 Å². The van der Waals surface area contributed by atoms with Gasteiger partial charge >= 0.3 is 0 Å². The van der Waals surface area contributed by atoms with Crippen molar-refractivity contribution in [2.45, 2.75) is 0 Å². The van der Waals surface area contributed by atoms with Crippen LogP contribution in [0, 0.1) is 0 Å². The van der Waals surface area contributed by atoms with Crippen LogP contribution in [0.4, 0.5) is 17.6 Å². The summed E-state index contributed by atoms with van der Waals surface area (Å²) in [4.78, 5) is 17.4. The Kier molecular flexibility index (Phi) is 3.60. The van der Waals surface area contributed by atoms with Gasteiger partial charge in [0.1, 0.15) is 11.6 Å². The molecule has 3 N–H and O–H groups in total. The quantitative estimate of drug-likeness (QED) is 0.620. The molecule has 1 aliphatic rings. The minimum atomic E-state index is 0.677. The van der Waals surface area contributed by atoms with E-state index in [0.717, 1.165) is 37.9 Å². The highest BCUT2D eigenvalue weighted by Gasteiger charge is 2.19. The highest BCUT2D eigenvalue weighted by atomic mass is 15.3. The predicted octanol–water partition coefficient (Wildman–Crippen LogP) is 0.484. The molecule has 3 heterocycles. The molecule has 1 fully saturated rings. The van der Waals surface area contributed by atoms with Crippen molar-refractivity contribution in [1.82, 2.24) is 15.0 Å². The van der Waals surface area contributed by atoms with Crippen LogP contribution in [0.1, 0.15) is 0 Å². The van der Waals surface area contributed by atoms with Gasteiger partial charge in [-0.15, -0.1) is 0 Å². The number of anilines is 3. The summed E-state index contributed by atoms with van der Waals surface area (Å²) in [7, 11) is 0. The van der Waals surface area contributed by atoms with Crippen LogP contribution in [0.3, 0.4) is 0 Å². The molecule has 3 rings (SSSR count). The number of nitrogens with zero attached hydrogens (tertiary/aromatic N) is 5. The Balaban J connectivity index is 1.66. The second-order valence-corrected chi connectivity index (χ2v) is 4.55. The average molecular weight is 271 g/mol. The van der Waals surface area contributed by atoms with Gasteiger partial charge in [-0.2, -0.15) is 0 Å². The van der Waals surface area contributed by atoms with Gasteiger partial charge in [0.25, 0.3) is 0 Å². The van der Waals surface area contributed by atoms with Gasteiger partial charge < -0.3 is 15.2 Å².